The molecule has 1 aliphatic rings. The Bertz CT molecular complexity index is 989. The van der Waals surface area contributed by atoms with Crippen LogP contribution in [0.4, 0.5) is 5.69 Å². The summed E-state index contributed by atoms with van der Waals surface area (Å²) in [5.74, 6) is 0.775. The minimum Gasteiger partial charge on any atom is -0.497 e. The Labute approximate surface area is 200 Å². The summed E-state index contributed by atoms with van der Waals surface area (Å²) in [5, 5.41) is 5.84. The van der Waals surface area contributed by atoms with Crippen LogP contribution in [0.5, 0.6) is 11.5 Å². The van der Waals surface area contributed by atoms with Gasteiger partial charge >= 0.3 is 0 Å². The first-order chi connectivity index (χ1) is 16.3. The number of likely N-dealkylation sites (tertiary alicyclic amines) is 1. The highest BCUT2D eigenvalue weighted by Gasteiger charge is 2.28. The Balaban J connectivity index is 1.48. The number of methoxy groups -OCH3 is 2. The average molecular weight is 468 g/mol. The Morgan fingerprint density at radius 1 is 0.971 bits per heavy atom. The van der Waals surface area contributed by atoms with Gasteiger partial charge in [0, 0.05) is 48.8 Å². The van der Waals surface area contributed by atoms with Crippen LogP contribution in [-0.2, 0) is 16.1 Å². The molecule has 1 saturated heterocycles. The normalized spacial score (nSPS) is 14.0. The van der Waals surface area contributed by atoms with Crippen molar-refractivity contribution < 1.29 is 23.9 Å². The molecule has 0 bridgehead atoms. The third-order valence-electron chi connectivity index (χ3n) is 5.96. The molecule has 2 aromatic carbocycles. The number of hydrogen-bond donors (Lipinski definition) is 2. The summed E-state index contributed by atoms with van der Waals surface area (Å²) in [7, 11) is 3.10. The fourth-order valence-electron chi connectivity index (χ4n) is 3.78. The lowest BCUT2D eigenvalue weighted by molar-refractivity contribution is -0.126. The number of anilines is 1. The Morgan fingerprint density at radius 2 is 1.56 bits per heavy atom. The Morgan fingerprint density at radius 3 is 2.09 bits per heavy atom. The van der Waals surface area contributed by atoms with Crippen LogP contribution < -0.4 is 20.1 Å². The summed E-state index contributed by atoms with van der Waals surface area (Å²) in [6.45, 7) is 5.13. The topological polar surface area (TPSA) is 97.0 Å². The zero-order valence-electron chi connectivity index (χ0n) is 20.2. The molecule has 3 rings (SSSR count). The maximum atomic E-state index is 12.9. The first kappa shape index (κ1) is 25.1. The maximum absolute atomic E-state index is 12.9. The van der Waals surface area contributed by atoms with Gasteiger partial charge in [0.2, 0.25) is 11.8 Å². The quantitative estimate of drug-likeness (QED) is 0.620. The summed E-state index contributed by atoms with van der Waals surface area (Å²) in [6.07, 6.45) is 1.22. The van der Waals surface area contributed by atoms with Crippen molar-refractivity contribution in [2.45, 2.75) is 33.2 Å². The van der Waals surface area contributed by atoms with E-state index in [1.807, 2.05) is 38.1 Å². The molecular weight excluding hydrogens is 434 g/mol. The number of amides is 3. The van der Waals surface area contributed by atoms with Gasteiger partial charge in [0.15, 0.2) is 0 Å². The molecule has 0 atom stereocenters. The van der Waals surface area contributed by atoms with Crippen molar-refractivity contribution in [2.75, 3.05) is 32.6 Å². The van der Waals surface area contributed by atoms with Crippen molar-refractivity contribution in [3.05, 3.63) is 53.6 Å². The molecule has 1 aliphatic heterocycles. The van der Waals surface area contributed by atoms with Crippen molar-refractivity contribution in [3.8, 4) is 11.5 Å². The van der Waals surface area contributed by atoms with E-state index in [4.69, 9.17) is 9.47 Å². The second-order valence-corrected chi connectivity index (χ2v) is 8.73. The van der Waals surface area contributed by atoms with Crippen LogP contribution in [0.3, 0.4) is 0 Å². The van der Waals surface area contributed by atoms with Gasteiger partial charge in [0.25, 0.3) is 5.91 Å². The van der Waals surface area contributed by atoms with E-state index in [2.05, 4.69) is 10.6 Å². The van der Waals surface area contributed by atoms with E-state index in [0.29, 0.717) is 49.5 Å². The third-order valence-corrected chi connectivity index (χ3v) is 5.96. The maximum Gasteiger partial charge on any atom is 0.254 e. The summed E-state index contributed by atoms with van der Waals surface area (Å²) < 4.78 is 10.5. The van der Waals surface area contributed by atoms with Crippen molar-refractivity contribution in [1.29, 1.82) is 0 Å². The lowest BCUT2D eigenvalue weighted by Crippen LogP contribution is -2.42. The van der Waals surface area contributed by atoms with Crippen LogP contribution >= 0.6 is 0 Å². The van der Waals surface area contributed by atoms with E-state index in [9.17, 15) is 14.4 Å². The molecule has 8 nitrogen and oxygen atoms in total. The lowest BCUT2D eigenvalue weighted by Gasteiger charge is -2.31. The zero-order chi connectivity index (χ0) is 24.7. The van der Waals surface area contributed by atoms with Crippen LogP contribution in [0.2, 0.25) is 0 Å². The number of piperidine rings is 1. The Hall–Kier alpha value is -3.55. The second kappa shape index (κ2) is 11.5. The molecule has 0 unspecified atom stereocenters. The van der Waals surface area contributed by atoms with Gasteiger partial charge in [0.05, 0.1) is 14.2 Å². The average Bonchev–Trinajstić information content (AvgIpc) is 2.87. The van der Waals surface area contributed by atoms with Gasteiger partial charge in [-0.2, -0.15) is 0 Å². The fraction of sp³-hybridized carbons (Fsp3) is 0.423. The predicted octanol–water partition coefficient (Wildman–Crippen LogP) is 3.47. The highest BCUT2D eigenvalue weighted by atomic mass is 16.5. The molecule has 0 radical (unpaired) electrons. The summed E-state index contributed by atoms with van der Waals surface area (Å²) >= 11 is 0. The molecule has 34 heavy (non-hydrogen) atoms. The number of nitrogens with zero attached hydrogens (tertiary/aromatic N) is 1. The molecule has 0 aliphatic carbocycles. The van der Waals surface area contributed by atoms with E-state index >= 15 is 0 Å². The third kappa shape index (κ3) is 6.50. The summed E-state index contributed by atoms with van der Waals surface area (Å²) in [4.78, 5) is 39.2. The Kier molecular flexibility index (Phi) is 8.51. The number of benzene rings is 2. The van der Waals surface area contributed by atoms with Crippen molar-refractivity contribution in [3.63, 3.8) is 0 Å². The van der Waals surface area contributed by atoms with E-state index < -0.39 is 0 Å². The first-order valence-corrected chi connectivity index (χ1v) is 11.5. The SMILES string of the molecule is COc1cc(OC)cc(C(=O)N2CCC(C(=O)NCc3ccc(NC(=O)C(C)C)cc3)CC2)c1. The number of nitrogens with one attached hydrogen (secondary N) is 2. The lowest BCUT2D eigenvalue weighted by atomic mass is 9.95. The van der Waals surface area contributed by atoms with E-state index in [1.165, 1.54) is 0 Å². The summed E-state index contributed by atoms with van der Waals surface area (Å²) in [6, 6.07) is 12.6. The minimum atomic E-state index is -0.131. The largest absolute Gasteiger partial charge is 0.497 e. The molecule has 1 heterocycles. The molecule has 2 aromatic rings. The van der Waals surface area contributed by atoms with Gasteiger partial charge < -0.3 is 25.0 Å². The van der Waals surface area contributed by atoms with Crippen LogP contribution in [0.1, 0.15) is 42.6 Å². The van der Waals surface area contributed by atoms with E-state index in [0.717, 1.165) is 11.3 Å². The molecule has 2 N–H and O–H groups in total. The molecule has 3 amide bonds. The number of carbonyl (C=O) groups excluding carboxylic acids is 3. The van der Waals surface area contributed by atoms with Gasteiger partial charge in [-0.15, -0.1) is 0 Å². The monoisotopic (exact) mass is 467 g/mol. The molecule has 0 spiro atoms. The van der Waals surface area contributed by atoms with Gasteiger partial charge in [0.1, 0.15) is 11.5 Å². The van der Waals surface area contributed by atoms with Gasteiger partial charge in [-0.1, -0.05) is 26.0 Å². The fourth-order valence-corrected chi connectivity index (χ4v) is 3.78. The van der Waals surface area contributed by atoms with Gasteiger partial charge in [-0.3, -0.25) is 14.4 Å². The first-order valence-electron chi connectivity index (χ1n) is 11.5. The van der Waals surface area contributed by atoms with Crippen LogP contribution in [0, 0.1) is 11.8 Å². The molecular formula is C26H33N3O5. The smallest absolute Gasteiger partial charge is 0.254 e. The highest BCUT2D eigenvalue weighted by molar-refractivity contribution is 5.95. The van der Waals surface area contributed by atoms with Crippen molar-refractivity contribution in [2.24, 2.45) is 11.8 Å². The van der Waals surface area contributed by atoms with E-state index in [1.54, 1.807) is 37.3 Å². The molecule has 0 aromatic heterocycles. The van der Waals surface area contributed by atoms with Crippen molar-refractivity contribution >= 4 is 23.4 Å². The number of rotatable bonds is 8. The minimum absolute atomic E-state index is 0.00710. The second-order valence-electron chi connectivity index (χ2n) is 8.73. The van der Waals surface area contributed by atoms with E-state index in [-0.39, 0.29) is 29.6 Å². The zero-order valence-corrected chi connectivity index (χ0v) is 20.2. The molecule has 8 heteroatoms. The van der Waals surface area contributed by atoms with Gasteiger partial charge in [-0.25, -0.2) is 0 Å². The summed E-state index contributed by atoms with van der Waals surface area (Å²) in [5.41, 5.74) is 2.20. The standard InChI is InChI=1S/C26H33N3O5/c1-17(2)24(30)28-21-7-5-18(6-8-21)16-27-25(31)19-9-11-29(12-10-19)26(32)20-13-22(33-3)15-23(14-20)34-4/h5-8,13-15,17,19H,9-12,16H2,1-4H3,(H,27,31)(H,28,30). The van der Waals surface area contributed by atoms with Crippen LogP contribution in [0.15, 0.2) is 42.5 Å². The highest BCUT2D eigenvalue weighted by Crippen LogP contribution is 2.25. The number of hydrogen-bond acceptors (Lipinski definition) is 5. The van der Waals surface area contributed by atoms with Crippen LogP contribution in [0.25, 0.3) is 0 Å². The number of carbonyl (C=O) groups is 3. The molecule has 182 valence electrons. The predicted molar refractivity (Wildman–Crippen MR) is 130 cm³/mol. The van der Waals surface area contributed by atoms with Crippen molar-refractivity contribution in [1.82, 2.24) is 10.2 Å². The molecule has 0 saturated carbocycles. The molecule has 1 fully saturated rings. The number of ether oxygens (including phenoxy) is 2. The van der Waals surface area contributed by atoms with Crippen LogP contribution in [-0.4, -0.2) is 49.9 Å². The van der Waals surface area contributed by atoms with Gasteiger partial charge in [-0.05, 0) is 42.7 Å².